The van der Waals surface area contributed by atoms with E-state index in [9.17, 15) is 73.6 Å². The van der Waals surface area contributed by atoms with E-state index < -0.39 is 66.2 Å². The van der Waals surface area contributed by atoms with Gasteiger partial charge in [-0.25, -0.2) is 73.2 Å². The van der Waals surface area contributed by atoms with E-state index in [1.54, 1.807) is 123 Å². The van der Waals surface area contributed by atoms with Crippen molar-refractivity contribution in [2.24, 2.45) is 10.7 Å². The molecular weight excluding hydrogens is 1810 g/mol. The number of nitro groups is 3. The number of thiol groups is 1. The van der Waals surface area contributed by atoms with Crippen LogP contribution in [0.15, 0.2) is 369 Å². The minimum atomic E-state index is -3.73. The van der Waals surface area contributed by atoms with Crippen LogP contribution in [0, 0.1) is 71.9 Å². The summed E-state index contributed by atoms with van der Waals surface area (Å²) < 4.78 is 104. The summed E-state index contributed by atoms with van der Waals surface area (Å²) in [5.41, 5.74) is 20.0. The SMILES string of the molecule is Cc1ccc(Cl)nc1.Cc1ccc(S(=O)(=O)c2ccc(N)cc2)nc1.Cc1ccc(S(=O)(=O)c2ccc(NC(=O)NCc3cn[nH]c3)cc2)nc1.Cc1ccc(S(=O)(=O)c2ccc(NC(=O)Oc3ccccc3)cc2)nc1.Cc1ccc(S(=O)(=O)c2ccc([N+](=O)[O-])cc2)nc1.Cc1ccc(Sc2ccc([N+](=O)[O-])cc2)nc1.NCC1=CCN=C1.O=[N+]([O-])c1ccc(S)cc1. The summed E-state index contributed by atoms with van der Waals surface area (Å²) in [5.74, 6) is 0.412. The molecule has 0 radical (unpaired) electrons. The second-order valence-electron chi connectivity index (χ2n) is 27.3. The Balaban J connectivity index is 0.000000189. The summed E-state index contributed by atoms with van der Waals surface area (Å²) in [6.45, 7) is 13.1. The molecule has 8 N–H and O–H groups in total. The number of urea groups is 1. The predicted octanol–water partition coefficient (Wildman–Crippen LogP) is 17.4. The summed E-state index contributed by atoms with van der Waals surface area (Å²) in [4.78, 5) is 83.2. The van der Waals surface area contributed by atoms with Gasteiger partial charge in [0.2, 0.25) is 39.3 Å². The molecule has 41 heteroatoms. The van der Waals surface area contributed by atoms with Gasteiger partial charge < -0.3 is 26.8 Å². The van der Waals surface area contributed by atoms with Crippen LogP contribution in [0.1, 0.15) is 38.9 Å². The number of benzene rings is 7. The highest BCUT2D eigenvalue weighted by molar-refractivity contribution is 7.99. The fourth-order valence-corrected chi connectivity index (χ4v) is 15.8. The first-order valence-corrected chi connectivity index (χ1v) is 45.8. The minimum absolute atomic E-state index is 0.0123. The number of hydrogen-bond donors (Lipinski definition) is 7. The number of aliphatic imine (C=N–C) groups is 1. The second kappa shape index (κ2) is 48.9. The fraction of sp³-hybridized carbons (Fsp3) is 0.101. The summed E-state index contributed by atoms with van der Waals surface area (Å²) in [6.07, 6.45) is 16.0. The van der Waals surface area contributed by atoms with Crippen molar-refractivity contribution in [3.63, 3.8) is 0 Å². The van der Waals surface area contributed by atoms with E-state index >= 15 is 0 Å². The maximum absolute atomic E-state index is 12.5. The maximum atomic E-state index is 12.5. The van der Waals surface area contributed by atoms with Crippen molar-refractivity contribution in [1.82, 2.24) is 45.4 Å². The lowest BCUT2D eigenvalue weighted by Crippen LogP contribution is -2.28. The number of sulfone groups is 4. The molecule has 7 aromatic heterocycles. The number of carbonyl (C=O) groups excluding carboxylic acids is 2. The highest BCUT2D eigenvalue weighted by Gasteiger charge is 2.24. The first-order chi connectivity index (χ1) is 61.9. The normalized spacial score (nSPS) is 11.1. The Bertz CT molecular complexity index is 6570. The van der Waals surface area contributed by atoms with Gasteiger partial charge in [-0.05, 0) is 238 Å². The van der Waals surface area contributed by atoms with E-state index in [0.717, 1.165) is 78.0 Å². The number of pyridine rings is 6. The Morgan fingerprint density at radius 2 is 0.846 bits per heavy atom. The van der Waals surface area contributed by atoms with Crippen LogP contribution in [-0.4, -0.2) is 120 Å². The Hall–Kier alpha value is -14.7. The lowest BCUT2D eigenvalue weighted by atomic mass is 10.3. The number of aryl methyl sites for hydroxylation is 6. The van der Waals surface area contributed by atoms with Gasteiger partial charge in [-0.1, -0.05) is 84.0 Å². The largest absolute Gasteiger partial charge is 0.417 e. The van der Waals surface area contributed by atoms with Crippen LogP contribution in [0.2, 0.25) is 5.15 Å². The number of hydrogen-bond acceptors (Lipinski definition) is 29. The fourth-order valence-electron chi connectivity index (χ4n) is 10.1. The zero-order chi connectivity index (χ0) is 94.6. The number of aromatic nitrogens is 8. The highest BCUT2D eigenvalue weighted by atomic mass is 35.5. The molecule has 0 bridgehead atoms. The molecule has 130 heavy (non-hydrogen) atoms. The molecule has 0 atom stereocenters. The molecular formula is C89H84ClN17O17S6. The molecule has 0 saturated carbocycles. The number of nitrogens with one attached hydrogen (secondary N) is 4. The summed E-state index contributed by atoms with van der Waals surface area (Å²) >= 11 is 11.0. The van der Waals surface area contributed by atoms with E-state index in [4.69, 9.17) is 27.8 Å². The second-order valence-corrected chi connectivity index (χ2v) is 36.8. The Morgan fingerprint density at radius 1 is 0.469 bits per heavy atom. The first kappa shape index (κ1) is 101. The summed E-state index contributed by atoms with van der Waals surface area (Å²) in [6, 6.07) is 63.4. The molecule has 15 rings (SSSR count). The number of aromatic amines is 1. The monoisotopic (exact) mass is 1890 g/mol. The lowest BCUT2D eigenvalue weighted by Gasteiger charge is -2.08. The quantitative estimate of drug-likeness (QED) is 0.0130. The number of rotatable bonds is 19. The van der Waals surface area contributed by atoms with E-state index in [-0.39, 0.29) is 56.7 Å². The predicted molar refractivity (Wildman–Crippen MR) is 496 cm³/mol. The van der Waals surface area contributed by atoms with Gasteiger partial charge in [0.25, 0.3) is 17.1 Å². The first-order valence-electron chi connectivity index (χ1n) is 38.2. The summed E-state index contributed by atoms with van der Waals surface area (Å²) in [7, 11) is -14.7. The van der Waals surface area contributed by atoms with E-state index in [1.165, 1.54) is 158 Å². The molecule has 670 valence electrons. The third kappa shape index (κ3) is 32.3. The molecule has 3 amide bonds. The Kier molecular flexibility index (Phi) is 37.9. The number of nitro benzene ring substituents is 3. The zero-order valence-corrected chi connectivity index (χ0v) is 75.7. The van der Waals surface area contributed by atoms with Crippen LogP contribution in [0.4, 0.5) is 43.7 Å². The molecule has 0 unspecified atom stereocenters. The maximum Gasteiger partial charge on any atom is 0.417 e. The molecule has 1 aliphatic rings. The van der Waals surface area contributed by atoms with Gasteiger partial charge in [0.1, 0.15) is 15.9 Å². The number of nitrogen functional groups attached to an aromatic ring is 1. The van der Waals surface area contributed by atoms with Crippen molar-refractivity contribution in [3.05, 3.63) is 384 Å². The van der Waals surface area contributed by atoms with Gasteiger partial charge in [0.15, 0.2) is 20.1 Å². The molecule has 0 saturated heterocycles. The molecule has 8 heterocycles. The van der Waals surface area contributed by atoms with Crippen molar-refractivity contribution in [3.8, 4) is 5.75 Å². The van der Waals surface area contributed by atoms with Crippen molar-refractivity contribution in [2.75, 3.05) is 29.5 Å². The molecule has 34 nitrogen and oxygen atoms in total. The van der Waals surface area contributed by atoms with Crippen molar-refractivity contribution >= 4 is 128 Å². The Labute approximate surface area is 763 Å². The molecule has 14 aromatic rings. The van der Waals surface area contributed by atoms with Crippen molar-refractivity contribution in [2.45, 2.75) is 103 Å². The van der Waals surface area contributed by atoms with E-state index in [1.807, 2.05) is 71.2 Å². The number of non-ortho nitro benzene ring substituents is 3. The van der Waals surface area contributed by atoms with Crippen LogP contribution in [-0.2, 0) is 45.9 Å². The molecule has 0 aliphatic carbocycles. The molecule has 1 aliphatic heterocycles. The van der Waals surface area contributed by atoms with Gasteiger partial charge in [-0.3, -0.25) is 45.8 Å². The van der Waals surface area contributed by atoms with Crippen LogP contribution in [0.3, 0.4) is 0 Å². The van der Waals surface area contributed by atoms with Crippen LogP contribution >= 0.6 is 36.0 Å². The molecule has 0 fully saturated rings. The topological polar surface area (TPSA) is 516 Å². The third-order valence-corrected chi connectivity index (χ3v) is 25.2. The van der Waals surface area contributed by atoms with Crippen molar-refractivity contribution in [1.29, 1.82) is 0 Å². The summed E-state index contributed by atoms with van der Waals surface area (Å²) in [5, 5.41) is 46.8. The van der Waals surface area contributed by atoms with Crippen LogP contribution in [0.25, 0.3) is 0 Å². The number of halogens is 1. The average molecular weight is 1890 g/mol. The Morgan fingerprint density at radius 3 is 1.18 bits per heavy atom. The van der Waals surface area contributed by atoms with Gasteiger partial charge in [0.05, 0.1) is 47.1 Å². The average Bonchev–Trinajstić information content (AvgIpc) is 0.998. The minimum Gasteiger partial charge on any atom is -0.410 e. The van der Waals surface area contributed by atoms with E-state index in [2.05, 4.69) is 73.7 Å². The highest BCUT2D eigenvalue weighted by Crippen LogP contribution is 2.30. The number of amides is 3. The molecule has 0 spiro atoms. The van der Waals surface area contributed by atoms with Crippen molar-refractivity contribution < 1.29 is 62.8 Å². The lowest BCUT2D eigenvalue weighted by molar-refractivity contribution is -0.385. The number of ether oxygens (including phenoxy) is 1. The number of anilines is 3. The number of para-hydroxylation sites is 1. The van der Waals surface area contributed by atoms with Gasteiger partial charge in [0, 0.05) is 131 Å². The number of nitrogens with zero attached hydrogens (tertiary/aromatic N) is 11. The van der Waals surface area contributed by atoms with E-state index in [0.29, 0.717) is 41.1 Å². The smallest absolute Gasteiger partial charge is 0.410 e. The third-order valence-electron chi connectivity index (χ3n) is 17.0. The zero-order valence-electron chi connectivity index (χ0n) is 69.9. The van der Waals surface area contributed by atoms with Crippen LogP contribution in [0.5, 0.6) is 5.75 Å². The van der Waals surface area contributed by atoms with Crippen LogP contribution < -0.4 is 32.2 Å². The van der Waals surface area contributed by atoms with Gasteiger partial charge in [-0.15, -0.1) is 12.6 Å². The number of nitrogens with two attached hydrogens (primary N) is 2. The number of carbonyl (C=O) groups is 2. The number of H-pyrrole nitrogens is 1. The van der Waals surface area contributed by atoms with Gasteiger partial charge in [-0.2, -0.15) is 5.10 Å². The van der Waals surface area contributed by atoms with Gasteiger partial charge >= 0.3 is 12.1 Å². The molecule has 7 aromatic carbocycles. The standard InChI is InChI=1S/C19H16N2O4S.C17H17N5O3S.C12H10N2O4S.C12H12N2O2S.C12H10N2O2S.C6H6ClN.C6H5NO2S.C5H8N2/c1-14-7-12-18(20-13-14)26(23,24)17-10-8-15(9-11-17)21-19(22)25-16-5-3-2-4-6-16;1-12-2-7-16(18-8-12)26(24,25)15-5-3-14(4-6-15)22-17(23)19-9-13-10-20-21-11-13;1-9-2-7-12(13-8-9)19(17,18)11-5-3-10(4-6-11)14(15)16;1-9-2-7-12(14-8-9)17(15,16)11-5-3-10(13)4-6-11;1-9-2-7-12(13-8-9)17-11-5-3-10(4-6-11)14(15)16;1-5-2-3-6(7)8-4-5;8-7(9)5-1-3-6(10)4-2-5;6-3-5-1-2-7-4-5/h2-13H,1H3,(H,21,22);2-8,10-11H,9H2,1H3,(H,20,21)(H2,19,22,23);2-8H,1H3;2-8H,13H2,1H3;2-8H,1H3;2-4H,1H3;1-4,10H;1,4H,2-3,6H2.